The lowest BCUT2D eigenvalue weighted by Gasteiger charge is -2.13. The van der Waals surface area contributed by atoms with Crippen LogP contribution in [0.1, 0.15) is 21.8 Å². The van der Waals surface area contributed by atoms with Gasteiger partial charge in [0.1, 0.15) is 23.1 Å². The summed E-state index contributed by atoms with van der Waals surface area (Å²) in [5.41, 5.74) is 10.8. The molecule has 0 spiro atoms. The summed E-state index contributed by atoms with van der Waals surface area (Å²) in [7, 11) is 0. The Kier molecular flexibility index (Phi) is 6.70. The Bertz CT molecular complexity index is 1150. The van der Waals surface area contributed by atoms with Crippen LogP contribution in [0.25, 0.3) is 10.8 Å². The van der Waals surface area contributed by atoms with Gasteiger partial charge in [0.25, 0.3) is 5.69 Å². The second-order valence-corrected chi connectivity index (χ2v) is 6.22. The van der Waals surface area contributed by atoms with Gasteiger partial charge in [0.15, 0.2) is 0 Å². The molecule has 154 valence electrons. The molecule has 0 saturated carbocycles. The molecule has 9 nitrogen and oxygen atoms in total. The van der Waals surface area contributed by atoms with E-state index < -0.39 is 22.7 Å². The van der Waals surface area contributed by atoms with Crippen molar-refractivity contribution in [3.8, 4) is 5.75 Å². The van der Waals surface area contributed by atoms with E-state index >= 15 is 0 Å². The van der Waals surface area contributed by atoms with Crippen molar-refractivity contribution in [3.05, 3.63) is 81.9 Å². The number of primary amides is 1. The number of hydrogen-bond acceptors (Lipinski definition) is 6. The van der Waals surface area contributed by atoms with Crippen molar-refractivity contribution in [2.24, 2.45) is 11.5 Å². The quantitative estimate of drug-likeness (QED) is 0.136. The molecule has 3 aromatic rings. The summed E-state index contributed by atoms with van der Waals surface area (Å²) in [5, 5.41) is 20.0. The average molecular weight is 429 g/mol. The lowest BCUT2D eigenvalue weighted by atomic mass is 9.95. The Labute approximate surface area is 176 Å². The van der Waals surface area contributed by atoms with Gasteiger partial charge in [-0.3, -0.25) is 20.3 Å². The number of benzene rings is 3. The predicted octanol–water partition coefficient (Wildman–Crippen LogP) is 2.89. The van der Waals surface area contributed by atoms with Gasteiger partial charge in [-0.1, -0.05) is 30.3 Å². The Balaban J connectivity index is 0.00000320. The number of nitrogens with one attached hydrogen (secondary N) is 1. The zero-order valence-corrected chi connectivity index (χ0v) is 16.2. The van der Waals surface area contributed by atoms with Crippen molar-refractivity contribution < 1.29 is 19.2 Å². The summed E-state index contributed by atoms with van der Waals surface area (Å²) >= 11 is 0. The van der Waals surface area contributed by atoms with E-state index in [-0.39, 0.29) is 35.2 Å². The van der Waals surface area contributed by atoms with Gasteiger partial charge >= 0.3 is 5.97 Å². The van der Waals surface area contributed by atoms with Crippen LogP contribution in [0.5, 0.6) is 5.75 Å². The zero-order chi connectivity index (χ0) is 21.1. The van der Waals surface area contributed by atoms with Crippen LogP contribution in [0.2, 0.25) is 0 Å². The number of halogens is 1. The van der Waals surface area contributed by atoms with Crippen LogP contribution < -0.4 is 16.2 Å². The number of amides is 1. The molecule has 0 saturated heterocycles. The smallest absolute Gasteiger partial charge is 0.350 e. The molecular formula is C20H17ClN4O5. The Morgan fingerprint density at radius 1 is 1.00 bits per heavy atom. The van der Waals surface area contributed by atoms with Gasteiger partial charge in [0, 0.05) is 6.07 Å². The summed E-state index contributed by atoms with van der Waals surface area (Å²) < 4.78 is 5.28. The number of nitro groups is 1. The lowest BCUT2D eigenvalue weighted by Crippen LogP contribution is -2.32. The number of ether oxygens (including phenoxy) is 1. The van der Waals surface area contributed by atoms with E-state index in [9.17, 15) is 19.7 Å². The number of carbonyl (C=O) groups excluding carboxylic acids is 2. The first kappa shape index (κ1) is 22.3. The number of fused-ring (bicyclic) bond motifs is 1. The van der Waals surface area contributed by atoms with Crippen LogP contribution >= 0.6 is 12.4 Å². The molecule has 0 aromatic heterocycles. The standard InChI is InChI=1S/C20H16N4O5.ClH/c21-18(22)17(19(23)25)13-6-5-12-10-14(8-7-11(12)9-13)29-20(26)15-3-1-2-4-16(15)24(27)28;/h1-10,17H,(H3,21,22)(H2,23,25);1H. The lowest BCUT2D eigenvalue weighted by molar-refractivity contribution is -0.385. The molecule has 3 aromatic carbocycles. The third-order valence-corrected chi connectivity index (χ3v) is 4.30. The van der Waals surface area contributed by atoms with E-state index in [0.29, 0.717) is 16.3 Å². The minimum Gasteiger partial charge on any atom is -0.423 e. The maximum Gasteiger partial charge on any atom is 0.350 e. The second kappa shape index (κ2) is 9.01. The first-order valence-corrected chi connectivity index (χ1v) is 8.40. The fourth-order valence-electron chi connectivity index (χ4n) is 2.95. The van der Waals surface area contributed by atoms with E-state index in [4.69, 9.17) is 21.6 Å². The molecule has 30 heavy (non-hydrogen) atoms. The summed E-state index contributed by atoms with van der Waals surface area (Å²) in [6, 6.07) is 15.2. The largest absolute Gasteiger partial charge is 0.423 e. The molecule has 1 atom stereocenters. The van der Waals surface area contributed by atoms with Crippen molar-refractivity contribution in [3.63, 3.8) is 0 Å². The predicted molar refractivity (Wildman–Crippen MR) is 113 cm³/mol. The van der Waals surface area contributed by atoms with Gasteiger partial charge in [0.2, 0.25) is 5.91 Å². The molecule has 0 aliphatic rings. The molecule has 5 N–H and O–H groups in total. The molecule has 0 fully saturated rings. The number of nitrogens with zero attached hydrogens (tertiary/aromatic N) is 1. The number of amidine groups is 1. The Hall–Kier alpha value is -3.98. The SMILES string of the molecule is Cl.N=C(N)C(C(N)=O)c1ccc2cc(OC(=O)c3ccccc3[N+](=O)[O-])ccc2c1. The van der Waals surface area contributed by atoms with Gasteiger partial charge in [-0.25, -0.2) is 4.79 Å². The highest BCUT2D eigenvalue weighted by Crippen LogP contribution is 2.27. The molecule has 0 bridgehead atoms. The average Bonchev–Trinajstić information content (AvgIpc) is 2.67. The molecule has 0 radical (unpaired) electrons. The third-order valence-electron chi connectivity index (χ3n) is 4.30. The van der Waals surface area contributed by atoms with Crippen molar-refractivity contribution in [2.75, 3.05) is 0 Å². The fourth-order valence-corrected chi connectivity index (χ4v) is 2.95. The normalized spacial score (nSPS) is 11.2. The van der Waals surface area contributed by atoms with Crippen molar-refractivity contribution in [1.82, 2.24) is 0 Å². The molecule has 1 amide bonds. The highest BCUT2D eigenvalue weighted by Gasteiger charge is 2.22. The minimum absolute atomic E-state index is 0. The number of para-hydroxylation sites is 1. The molecule has 10 heteroatoms. The number of nitro benzene ring substituents is 1. The van der Waals surface area contributed by atoms with E-state index in [1.165, 1.54) is 30.3 Å². The molecular weight excluding hydrogens is 412 g/mol. The maximum atomic E-state index is 12.4. The minimum atomic E-state index is -1.03. The number of rotatable bonds is 6. The first-order chi connectivity index (χ1) is 13.8. The van der Waals surface area contributed by atoms with Crippen LogP contribution in [-0.4, -0.2) is 22.6 Å². The Morgan fingerprint density at radius 2 is 1.63 bits per heavy atom. The number of carbonyl (C=O) groups is 2. The molecule has 0 aliphatic heterocycles. The highest BCUT2D eigenvalue weighted by molar-refractivity contribution is 6.06. The summed E-state index contributed by atoms with van der Waals surface area (Å²) in [4.78, 5) is 34.3. The topological polar surface area (TPSA) is 162 Å². The van der Waals surface area contributed by atoms with E-state index in [1.807, 2.05) is 0 Å². The van der Waals surface area contributed by atoms with Crippen molar-refractivity contribution in [2.45, 2.75) is 5.92 Å². The van der Waals surface area contributed by atoms with Gasteiger partial charge in [0.05, 0.1) is 4.92 Å². The maximum absolute atomic E-state index is 12.4. The highest BCUT2D eigenvalue weighted by atomic mass is 35.5. The van der Waals surface area contributed by atoms with Crippen LogP contribution in [0, 0.1) is 15.5 Å². The number of esters is 1. The summed E-state index contributed by atoms with van der Waals surface area (Å²) in [6.45, 7) is 0. The Morgan fingerprint density at radius 3 is 2.27 bits per heavy atom. The van der Waals surface area contributed by atoms with Gasteiger partial charge in [-0.05, 0) is 40.6 Å². The van der Waals surface area contributed by atoms with Gasteiger partial charge in [-0.2, -0.15) is 0 Å². The van der Waals surface area contributed by atoms with Crippen LogP contribution in [0.15, 0.2) is 60.7 Å². The van der Waals surface area contributed by atoms with Crippen molar-refractivity contribution in [1.29, 1.82) is 5.41 Å². The number of nitrogens with two attached hydrogens (primary N) is 2. The molecule has 0 heterocycles. The molecule has 0 aliphatic carbocycles. The molecule has 1 unspecified atom stereocenters. The summed E-state index contributed by atoms with van der Waals surface area (Å²) in [6.07, 6.45) is 0. The van der Waals surface area contributed by atoms with E-state index in [0.717, 1.165) is 0 Å². The second-order valence-electron chi connectivity index (χ2n) is 6.22. The van der Waals surface area contributed by atoms with E-state index in [2.05, 4.69) is 0 Å². The van der Waals surface area contributed by atoms with Gasteiger partial charge < -0.3 is 16.2 Å². The fraction of sp³-hybridized carbons (Fsp3) is 0.0500. The van der Waals surface area contributed by atoms with Crippen LogP contribution in [0.3, 0.4) is 0 Å². The number of hydrogen-bond donors (Lipinski definition) is 3. The van der Waals surface area contributed by atoms with Crippen LogP contribution in [-0.2, 0) is 4.79 Å². The van der Waals surface area contributed by atoms with Gasteiger partial charge in [-0.15, -0.1) is 12.4 Å². The van der Waals surface area contributed by atoms with Crippen molar-refractivity contribution >= 4 is 46.6 Å². The van der Waals surface area contributed by atoms with E-state index in [1.54, 1.807) is 30.3 Å². The summed E-state index contributed by atoms with van der Waals surface area (Å²) in [5.74, 6) is -2.76. The third kappa shape index (κ3) is 4.53. The zero-order valence-electron chi connectivity index (χ0n) is 15.4. The van der Waals surface area contributed by atoms with Crippen LogP contribution in [0.4, 0.5) is 5.69 Å². The monoisotopic (exact) mass is 428 g/mol. The molecule has 3 rings (SSSR count). The first-order valence-electron chi connectivity index (χ1n) is 8.40.